The average Bonchev–Trinajstić information content (AvgIpc) is 2.90. The smallest absolute Gasteiger partial charge is 0.337 e. The lowest BCUT2D eigenvalue weighted by molar-refractivity contribution is 0.0698. The minimum Gasteiger partial charge on any atom is -0.481 e. The highest BCUT2D eigenvalue weighted by atomic mass is 16.5. The van der Waals surface area contributed by atoms with E-state index in [-0.39, 0.29) is 0 Å². The molecule has 0 saturated carbocycles. The lowest BCUT2D eigenvalue weighted by atomic mass is 10.1. The lowest BCUT2D eigenvalue weighted by Crippen LogP contribution is -2.05. The van der Waals surface area contributed by atoms with Crippen molar-refractivity contribution in [1.82, 2.24) is 9.55 Å². The van der Waals surface area contributed by atoms with Crippen molar-refractivity contribution in [3.05, 3.63) is 59.9 Å². The van der Waals surface area contributed by atoms with Gasteiger partial charge in [0.1, 0.15) is 0 Å². The fourth-order valence-electron chi connectivity index (χ4n) is 2.40. The van der Waals surface area contributed by atoms with E-state index in [1.165, 1.54) is 0 Å². The first-order chi connectivity index (χ1) is 10.2. The first-order valence-corrected chi connectivity index (χ1v) is 6.50. The maximum Gasteiger partial charge on any atom is 0.337 e. The molecule has 0 spiro atoms. The highest BCUT2D eigenvalue weighted by Crippen LogP contribution is 2.21. The third kappa shape index (κ3) is 2.45. The third-order valence-corrected chi connectivity index (χ3v) is 3.34. The number of hydrogen-bond acceptors (Lipinski definition) is 3. The molecule has 3 rings (SSSR count). The summed E-state index contributed by atoms with van der Waals surface area (Å²) in [7, 11) is 1.57. The van der Waals surface area contributed by atoms with Crippen LogP contribution in [-0.4, -0.2) is 27.7 Å². The molecule has 2 aromatic heterocycles. The summed E-state index contributed by atoms with van der Waals surface area (Å²) in [6.45, 7) is 0.491. The first kappa shape index (κ1) is 13.2. The topological polar surface area (TPSA) is 64.3 Å². The predicted octanol–water partition coefficient (Wildman–Crippen LogP) is 2.79. The molecule has 3 aromatic rings. The van der Waals surface area contributed by atoms with Gasteiger partial charge in [0.2, 0.25) is 5.88 Å². The fourth-order valence-corrected chi connectivity index (χ4v) is 2.40. The van der Waals surface area contributed by atoms with E-state index < -0.39 is 5.97 Å². The highest BCUT2D eigenvalue weighted by molar-refractivity contribution is 6.02. The summed E-state index contributed by atoms with van der Waals surface area (Å²) < 4.78 is 7.00. The summed E-state index contributed by atoms with van der Waals surface area (Å²) in [6.07, 6.45) is 1.87. The maximum atomic E-state index is 11.4. The van der Waals surface area contributed by atoms with Gasteiger partial charge in [-0.25, -0.2) is 9.78 Å². The van der Waals surface area contributed by atoms with E-state index in [0.29, 0.717) is 23.5 Å². The van der Waals surface area contributed by atoms with Gasteiger partial charge in [0.15, 0.2) is 0 Å². The second-order valence-corrected chi connectivity index (χ2v) is 4.66. The van der Waals surface area contributed by atoms with Crippen LogP contribution in [0.25, 0.3) is 10.9 Å². The Morgan fingerprint density at radius 1 is 1.24 bits per heavy atom. The molecular weight excluding hydrogens is 268 g/mol. The molecule has 106 valence electrons. The average molecular weight is 282 g/mol. The maximum absolute atomic E-state index is 11.4. The SMILES string of the molecule is COc1cccc(Cn2ccc3cccc(C(=O)O)c32)n1. The van der Waals surface area contributed by atoms with Crippen molar-refractivity contribution in [2.24, 2.45) is 0 Å². The van der Waals surface area contributed by atoms with Gasteiger partial charge in [-0.05, 0) is 18.2 Å². The number of rotatable bonds is 4. The molecule has 1 aromatic carbocycles. The number of aromatic nitrogens is 2. The van der Waals surface area contributed by atoms with Gasteiger partial charge < -0.3 is 14.4 Å². The van der Waals surface area contributed by atoms with E-state index in [4.69, 9.17) is 4.74 Å². The molecule has 1 N–H and O–H groups in total. The molecule has 5 heteroatoms. The van der Waals surface area contributed by atoms with Gasteiger partial charge in [0, 0.05) is 17.6 Å². The van der Waals surface area contributed by atoms with Crippen LogP contribution in [0.15, 0.2) is 48.7 Å². The Kier molecular flexibility index (Phi) is 3.31. The summed E-state index contributed by atoms with van der Waals surface area (Å²) in [6, 6.07) is 12.7. The Hall–Kier alpha value is -2.82. The van der Waals surface area contributed by atoms with Crippen molar-refractivity contribution in [2.75, 3.05) is 7.11 Å². The fraction of sp³-hybridized carbons (Fsp3) is 0.125. The van der Waals surface area contributed by atoms with Crippen molar-refractivity contribution in [1.29, 1.82) is 0 Å². The molecule has 21 heavy (non-hydrogen) atoms. The molecule has 0 unspecified atom stereocenters. The number of benzene rings is 1. The number of fused-ring (bicyclic) bond motifs is 1. The summed E-state index contributed by atoms with van der Waals surface area (Å²) in [5.74, 6) is -0.387. The molecule has 0 bridgehead atoms. The largest absolute Gasteiger partial charge is 0.481 e. The van der Waals surface area contributed by atoms with Crippen LogP contribution in [-0.2, 0) is 6.54 Å². The van der Waals surface area contributed by atoms with Crippen LogP contribution in [0.2, 0.25) is 0 Å². The Labute approximate surface area is 121 Å². The van der Waals surface area contributed by atoms with Crippen LogP contribution in [0.5, 0.6) is 5.88 Å². The van der Waals surface area contributed by atoms with E-state index >= 15 is 0 Å². The van der Waals surface area contributed by atoms with Crippen molar-refractivity contribution in [3.8, 4) is 5.88 Å². The summed E-state index contributed by atoms with van der Waals surface area (Å²) in [5.41, 5.74) is 1.81. The zero-order valence-corrected chi connectivity index (χ0v) is 11.5. The highest BCUT2D eigenvalue weighted by Gasteiger charge is 2.12. The van der Waals surface area contributed by atoms with Gasteiger partial charge in [-0.3, -0.25) is 0 Å². The minimum absolute atomic E-state index is 0.292. The second-order valence-electron chi connectivity index (χ2n) is 4.66. The molecule has 2 heterocycles. The van der Waals surface area contributed by atoms with Crippen LogP contribution >= 0.6 is 0 Å². The molecule has 0 fully saturated rings. The number of carboxylic acid groups (broad SMARTS) is 1. The van der Waals surface area contributed by atoms with E-state index in [1.54, 1.807) is 25.3 Å². The quantitative estimate of drug-likeness (QED) is 0.799. The van der Waals surface area contributed by atoms with Gasteiger partial charge in [0.05, 0.1) is 30.4 Å². The number of carbonyl (C=O) groups is 1. The molecule has 0 aliphatic carbocycles. The first-order valence-electron chi connectivity index (χ1n) is 6.50. The van der Waals surface area contributed by atoms with Gasteiger partial charge in [-0.2, -0.15) is 0 Å². The van der Waals surface area contributed by atoms with Crippen LogP contribution < -0.4 is 4.74 Å². The second kappa shape index (κ2) is 5.28. The number of aromatic carboxylic acids is 1. The monoisotopic (exact) mass is 282 g/mol. The van der Waals surface area contributed by atoms with Crippen LogP contribution in [0.3, 0.4) is 0 Å². The zero-order valence-electron chi connectivity index (χ0n) is 11.5. The number of pyridine rings is 1. The molecule has 0 atom stereocenters. The number of ether oxygens (including phenoxy) is 1. The van der Waals surface area contributed by atoms with Gasteiger partial charge >= 0.3 is 5.97 Å². The van der Waals surface area contributed by atoms with Crippen molar-refractivity contribution in [3.63, 3.8) is 0 Å². The molecule has 0 saturated heterocycles. The minimum atomic E-state index is -0.931. The molecule has 0 radical (unpaired) electrons. The van der Waals surface area contributed by atoms with Crippen LogP contribution in [0.1, 0.15) is 16.1 Å². The summed E-state index contributed by atoms with van der Waals surface area (Å²) >= 11 is 0. The third-order valence-electron chi connectivity index (χ3n) is 3.34. The summed E-state index contributed by atoms with van der Waals surface area (Å²) in [5, 5.41) is 10.2. The predicted molar refractivity (Wildman–Crippen MR) is 78.8 cm³/mol. The molecule has 0 aliphatic heterocycles. The normalized spacial score (nSPS) is 10.7. The van der Waals surface area contributed by atoms with E-state index in [9.17, 15) is 9.90 Å². The van der Waals surface area contributed by atoms with Crippen molar-refractivity contribution in [2.45, 2.75) is 6.54 Å². The van der Waals surface area contributed by atoms with Gasteiger partial charge in [-0.1, -0.05) is 18.2 Å². The number of para-hydroxylation sites is 1. The zero-order chi connectivity index (χ0) is 14.8. The molecule has 0 aliphatic rings. The Bertz CT molecular complexity index is 808. The number of methoxy groups -OCH3 is 1. The standard InChI is InChI=1S/C16H14N2O3/c1-21-14-7-3-5-12(17-14)10-18-9-8-11-4-2-6-13(15(11)18)16(19)20/h2-9H,10H2,1H3,(H,19,20). The van der Waals surface area contributed by atoms with E-state index in [2.05, 4.69) is 4.98 Å². The Balaban J connectivity index is 2.06. The molecule has 0 amide bonds. The van der Waals surface area contributed by atoms with Crippen LogP contribution in [0.4, 0.5) is 0 Å². The van der Waals surface area contributed by atoms with Crippen molar-refractivity contribution < 1.29 is 14.6 Å². The van der Waals surface area contributed by atoms with Gasteiger partial charge in [0.25, 0.3) is 0 Å². The number of nitrogens with zero attached hydrogens (tertiary/aromatic N) is 2. The molecular formula is C16H14N2O3. The summed E-state index contributed by atoms with van der Waals surface area (Å²) in [4.78, 5) is 15.7. The number of hydrogen-bond donors (Lipinski definition) is 1. The van der Waals surface area contributed by atoms with Gasteiger partial charge in [-0.15, -0.1) is 0 Å². The lowest BCUT2D eigenvalue weighted by Gasteiger charge is -2.08. The number of carboxylic acids is 1. The van der Waals surface area contributed by atoms with Crippen LogP contribution in [0, 0.1) is 0 Å². The van der Waals surface area contributed by atoms with E-state index in [0.717, 1.165) is 11.1 Å². The Morgan fingerprint density at radius 3 is 2.81 bits per heavy atom. The molecule has 5 nitrogen and oxygen atoms in total. The Morgan fingerprint density at radius 2 is 2.05 bits per heavy atom. The van der Waals surface area contributed by atoms with E-state index in [1.807, 2.05) is 35.0 Å². The van der Waals surface area contributed by atoms with Crippen molar-refractivity contribution >= 4 is 16.9 Å².